The van der Waals surface area contributed by atoms with Crippen molar-refractivity contribution in [3.8, 4) is 22.3 Å². The van der Waals surface area contributed by atoms with E-state index >= 15 is 0 Å². The highest BCUT2D eigenvalue weighted by Crippen LogP contribution is 2.55. The van der Waals surface area contributed by atoms with E-state index in [1.807, 2.05) is 0 Å². The fourth-order valence-corrected chi connectivity index (χ4v) is 9.94. The number of para-hydroxylation sites is 1. The summed E-state index contributed by atoms with van der Waals surface area (Å²) < 4.78 is 0. The third kappa shape index (κ3) is 4.20. The van der Waals surface area contributed by atoms with Gasteiger partial charge in [-0.2, -0.15) is 0 Å². The number of fused-ring (bicyclic) bond motifs is 13. The van der Waals surface area contributed by atoms with Gasteiger partial charge < -0.3 is 4.90 Å². The summed E-state index contributed by atoms with van der Waals surface area (Å²) in [7, 11) is 0. The topological polar surface area (TPSA) is 3.24 Å². The van der Waals surface area contributed by atoms with E-state index in [9.17, 15) is 0 Å². The molecule has 0 heterocycles. The zero-order valence-electron chi connectivity index (χ0n) is 30.5. The summed E-state index contributed by atoms with van der Waals surface area (Å²) in [5.74, 6) is 0. The Morgan fingerprint density at radius 1 is 0.340 bits per heavy atom. The van der Waals surface area contributed by atoms with Crippen molar-refractivity contribution in [3.05, 3.63) is 186 Å². The molecule has 0 spiro atoms. The van der Waals surface area contributed by atoms with E-state index in [1.165, 1.54) is 87.6 Å². The summed E-state index contributed by atoms with van der Waals surface area (Å²) in [5, 5.41) is 10.4. The first-order valence-corrected chi connectivity index (χ1v) is 18.8. The van der Waals surface area contributed by atoms with Gasteiger partial charge in [-0.15, -0.1) is 0 Å². The van der Waals surface area contributed by atoms with E-state index < -0.39 is 0 Å². The first kappa shape index (κ1) is 30.4. The first-order valence-electron chi connectivity index (χ1n) is 18.8. The Labute approximate surface area is 310 Å². The summed E-state index contributed by atoms with van der Waals surface area (Å²) in [6, 6.07) is 61.4. The molecule has 11 rings (SSSR count). The van der Waals surface area contributed by atoms with Gasteiger partial charge in [0.2, 0.25) is 0 Å². The van der Waals surface area contributed by atoms with Crippen molar-refractivity contribution in [2.45, 2.75) is 38.5 Å². The van der Waals surface area contributed by atoms with Gasteiger partial charge in [-0.1, -0.05) is 131 Å². The number of anilines is 3. The maximum atomic E-state index is 2.46. The molecule has 0 N–H and O–H groups in total. The molecular formula is C52H39N. The fourth-order valence-electron chi connectivity index (χ4n) is 9.94. The van der Waals surface area contributed by atoms with Crippen LogP contribution in [0.25, 0.3) is 65.3 Å². The zero-order valence-corrected chi connectivity index (χ0v) is 30.5. The van der Waals surface area contributed by atoms with Crippen LogP contribution < -0.4 is 4.90 Å². The lowest BCUT2D eigenvalue weighted by Crippen LogP contribution is -2.16. The lowest BCUT2D eigenvalue weighted by molar-refractivity contribution is 0.662. The minimum Gasteiger partial charge on any atom is -0.310 e. The molecule has 252 valence electrons. The molecule has 9 aromatic rings. The van der Waals surface area contributed by atoms with Gasteiger partial charge in [0.15, 0.2) is 0 Å². The number of rotatable bonds is 3. The van der Waals surface area contributed by atoms with Crippen molar-refractivity contribution >= 4 is 60.2 Å². The van der Waals surface area contributed by atoms with Gasteiger partial charge in [-0.3, -0.25) is 0 Å². The van der Waals surface area contributed by atoms with E-state index in [0.29, 0.717) is 0 Å². The molecule has 2 aliphatic carbocycles. The average Bonchev–Trinajstić information content (AvgIpc) is 3.56. The zero-order chi connectivity index (χ0) is 35.6. The molecule has 0 radical (unpaired) electrons. The van der Waals surface area contributed by atoms with Gasteiger partial charge in [0.1, 0.15) is 0 Å². The molecular weight excluding hydrogens is 639 g/mol. The third-order valence-corrected chi connectivity index (χ3v) is 12.5. The third-order valence-electron chi connectivity index (χ3n) is 12.5. The molecule has 1 heteroatoms. The first-order chi connectivity index (χ1) is 25.8. The van der Waals surface area contributed by atoms with Crippen molar-refractivity contribution in [3.63, 3.8) is 0 Å². The molecule has 0 amide bonds. The van der Waals surface area contributed by atoms with Crippen molar-refractivity contribution in [1.29, 1.82) is 0 Å². The molecule has 2 aliphatic rings. The van der Waals surface area contributed by atoms with Crippen molar-refractivity contribution < 1.29 is 0 Å². The van der Waals surface area contributed by atoms with E-state index in [-0.39, 0.29) is 10.8 Å². The Hall–Kier alpha value is -6.18. The Kier molecular flexibility index (Phi) is 6.14. The summed E-state index contributed by atoms with van der Waals surface area (Å²) in [6.07, 6.45) is 0. The second-order valence-corrected chi connectivity index (χ2v) is 16.2. The molecule has 0 aliphatic heterocycles. The normalized spacial score (nSPS) is 14.7. The summed E-state index contributed by atoms with van der Waals surface area (Å²) in [4.78, 5) is 2.43. The molecule has 0 saturated heterocycles. The van der Waals surface area contributed by atoms with Gasteiger partial charge in [-0.25, -0.2) is 0 Å². The van der Waals surface area contributed by atoms with Crippen molar-refractivity contribution in [2.75, 3.05) is 4.90 Å². The van der Waals surface area contributed by atoms with Crippen LogP contribution >= 0.6 is 0 Å². The molecule has 1 nitrogen and oxygen atoms in total. The van der Waals surface area contributed by atoms with Crippen LogP contribution in [-0.4, -0.2) is 0 Å². The number of hydrogen-bond acceptors (Lipinski definition) is 1. The Bertz CT molecular complexity index is 3000. The van der Waals surface area contributed by atoms with Crippen LogP contribution in [0, 0.1) is 0 Å². The Morgan fingerprint density at radius 3 is 1.70 bits per heavy atom. The predicted molar refractivity (Wildman–Crippen MR) is 226 cm³/mol. The molecule has 0 saturated carbocycles. The van der Waals surface area contributed by atoms with Crippen molar-refractivity contribution in [2.24, 2.45) is 0 Å². The molecule has 0 unspecified atom stereocenters. The highest BCUT2D eigenvalue weighted by molar-refractivity contribution is 6.19. The second kappa shape index (κ2) is 10.7. The van der Waals surface area contributed by atoms with Crippen LogP contribution in [0.2, 0.25) is 0 Å². The molecule has 0 fully saturated rings. The summed E-state index contributed by atoms with van der Waals surface area (Å²) in [5.41, 5.74) is 14.4. The smallest absolute Gasteiger partial charge is 0.0468 e. The quantitative estimate of drug-likeness (QED) is 0.168. The molecule has 9 aromatic carbocycles. The number of nitrogens with zero attached hydrogens (tertiary/aromatic N) is 1. The molecule has 0 atom stereocenters. The van der Waals surface area contributed by atoms with E-state index in [0.717, 1.165) is 17.1 Å². The Balaban J connectivity index is 1.11. The fraction of sp³-hybridized carbons (Fsp3) is 0.115. The average molecular weight is 678 g/mol. The molecule has 0 bridgehead atoms. The van der Waals surface area contributed by atoms with Crippen LogP contribution in [0.3, 0.4) is 0 Å². The number of benzene rings is 9. The lowest BCUT2D eigenvalue weighted by Gasteiger charge is -2.28. The Morgan fingerprint density at radius 2 is 0.925 bits per heavy atom. The van der Waals surface area contributed by atoms with Gasteiger partial charge in [-0.05, 0) is 148 Å². The molecule has 53 heavy (non-hydrogen) atoms. The van der Waals surface area contributed by atoms with Crippen LogP contribution in [0.15, 0.2) is 164 Å². The van der Waals surface area contributed by atoms with E-state index in [2.05, 4.69) is 196 Å². The maximum Gasteiger partial charge on any atom is 0.0468 e. The maximum absolute atomic E-state index is 2.46. The van der Waals surface area contributed by atoms with Gasteiger partial charge in [0, 0.05) is 27.9 Å². The number of hydrogen-bond donors (Lipinski definition) is 0. The second-order valence-electron chi connectivity index (χ2n) is 16.2. The standard InChI is InChI=1S/C52H39N/c1-51(2)47-29-33-15-9-8-14-32(33)27-44(47)45-28-34-22-23-37(26-35(34)30-48(45)51)53(36-16-6-5-7-17-36)38-24-25-41-43(31-38)39-18-10-11-19-40(39)49-42-20-12-13-21-46(42)52(3,4)50(41)49/h5-31H,1-4H3. The largest absolute Gasteiger partial charge is 0.310 e. The summed E-state index contributed by atoms with van der Waals surface area (Å²) in [6.45, 7) is 9.55. The van der Waals surface area contributed by atoms with E-state index in [1.54, 1.807) is 0 Å². The van der Waals surface area contributed by atoms with Gasteiger partial charge in [0.25, 0.3) is 0 Å². The van der Waals surface area contributed by atoms with Crippen LogP contribution in [0.4, 0.5) is 17.1 Å². The predicted octanol–water partition coefficient (Wildman–Crippen LogP) is 14.4. The van der Waals surface area contributed by atoms with Crippen LogP contribution in [0.1, 0.15) is 49.9 Å². The minimum absolute atomic E-state index is 0.0922. The monoisotopic (exact) mass is 677 g/mol. The molecule has 0 aromatic heterocycles. The highest BCUT2D eigenvalue weighted by Gasteiger charge is 2.39. The SMILES string of the molecule is CC1(C)c2cc3ccccc3cc2-c2cc3ccc(N(c4ccccc4)c4ccc5c6c(c7ccccc7c5c4)-c4ccccc4C6(C)C)cc3cc21. The van der Waals surface area contributed by atoms with Gasteiger partial charge >= 0.3 is 0 Å². The lowest BCUT2D eigenvalue weighted by atomic mass is 9.79. The summed E-state index contributed by atoms with van der Waals surface area (Å²) >= 11 is 0. The van der Waals surface area contributed by atoms with Crippen LogP contribution in [0.5, 0.6) is 0 Å². The van der Waals surface area contributed by atoms with Crippen molar-refractivity contribution in [1.82, 2.24) is 0 Å². The highest BCUT2D eigenvalue weighted by atomic mass is 15.1. The van der Waals surface area contributed by atoms with Crippen LogP contribution in [-0.2, 0) is 10.8 Å². The minimum atomic E-state index is -0.104. The van der Waals surface area contributed by atoms with E-state index in [4.69, 9.17) is 0 Å². The van der Waals surface area contributed by atoms with Gasteiger partial charge in [0.05, 0.1) is 0 Å².